The minimum absolute atomic E-state index is 0.234. The Labute approximate surface area is 146 Å². The van der Waals surface area contributed by atoms with Gasteiger partial charge in [0, 0.05) is 19.5 Å². The number of aliphatic carboxylic acids is 1. The maximum absolute atomic E-state index is 12.3. The van der Waals surface area contributed by atoms with Crippen LogP contribution in [0, 0.1) is 0 Å². The number of hydrogen-bond acceptors (Lipinski definition) is 4. The molecular formula is C19H21NO5. The first-order valence-corrected chi connectivity index (χ1v) is 7.80. The summed E-state index contributed by atoms with van der Waals surface area (Å²) in [5.74, 6) is -0.367. The number of benzene rings is 2. The largest absolute Gasteiger partial charge is 0.497 e. The molecule has 0 spiro atoms. The topological polar surface area (TPSA) is 76.1 Å². The predicted molar refractivity (Wildman–Crippen MR) is 92.8 cm³/mol. The van der Waals surface area contributed by atoms with E-state index in [9.17, 15) is 14.7 Å². The second-order valence-corrected chi connectivity index (χ2v) is 5.52. The van der Waals surface area contributed by atoms with Crippen LogP contribution in [-0.2, 0) is 16.0 Å². The van der Waals surface area contributed by atoms with Crippen molar-refractivity contribution >= 4 is 11.9 Å². The molecule has 0 saturated heterocycles. The normalized spacial score (nSPS) is 11.4. The molecule has 1 unspecified atom stereocenters. The zero-order chi connectivity index (χ0) is 18.2. The molecule has 2 rings (SSSR count). The van der Waals surface area contributed by atoms with Crippen molar-refractivity contribution in [1.82, 2.24) is 4.90 Å². The summed E-state index contributed by atoms with van der Waals surface area (Å²) in [6.07, 6.45) is 0.234. The smallest absolute Gasteiger partial charge is 0.326 e. The number of nitrogens with zero attached hydrogens (tertiary/aromatic N) is 1. The zero-order valence-electron chi connectivity index (χ0n) is 14.2. The lowest BCUT2D eigenvalue weighted by molar-refractivity contribution is -0.149. The molecule has 0 aliphatic rings. The van der Waals surface area contributed by atoms with Gasteiger partial charge < -0.3 is 19.5 Å². The molecule has 6 nitrogen and oxygen atoms in total. The molecule has 0 bridgehead atoms. The van der Waals surface area contributed by atoms with Crippen molar-refractivity contribution in [2.24, 2.45) is 0 Å². The van der Waals surface area contributed by atoms with Crippen molar-refractivity contribution in [3.8, 4) is 11.5 Å². The number of rotatable bonds is 8. The van der Waals surface area contributed by atoms with E-state index < -0.39 is 17.9 Å². The SMILES string of the molecule is COc1cccc(OCC(=O)N(C)C(Cc2ccccc2)C(=O)O)c1. The lowest BCUT2D eigenvalue weighted by Crippen LogP contribution is -2.45. The van der Waals surface area contributed by atoms with Crippen LogP contribution in [0.25, 0.3) is 0 Å². The molecule has 0 fully saturated rings. The second-order valence-electron chi connectivity index (χ2n) is 5.52. The lowest BCUT2D eigenvalue weighted by atomic mass is 10.1. The van der Waals surface area contributed by atoms with E-state index in [1.807, 2.05) is 30.3 Å². The molecule has 0 heterocycles. The van der Waals surface area contributed by atoms with Gasteiger partial charge in [0.05, 0.1) is 7.11 Å². The van der Waals surface area contributed by atoms with Crippen molar-refractivity contribution in [3.05, 3.63) is 60.2 Å². The lowest BCUT2D eigenvalue weighted by Gasteiger charge is -2.25. The summed E-state index contributed by atoms with van der Waals surface area (Å²) in [6.45, 7) is -0.248. The molecule has 25 heavy (non-hydrogen) atoms. The van der Waals surface area contributed by atoms with Crippen LogP contribution in [0.2, 0.25) is 0 Å². The molecule has 0 aliphatic heterocycles. The van der Waals surface area contributed by atoms with E-state index in [0.29, 0.717) is 11.5 Å². The highest BCUT2D eigenvalue weighted by Crippen LogP contribution is 2.19. The van der Waals surface area contributed by atoms with Gasteiger partial charge >= 0.3 is 5.97 Å². The predicted octanol–water partition coefficient (Wildman–Crippen LogP) is 2.23. The minimum atomic E-state index is -1.05. The van der Waals surface area contributed by atoms with Crippen LogP contribution in [-0.4, -0.2) is 48.7 Å². The number of methoxy groups -OCH3 is 1. The van der Waals surface area contributed by atoms with Gasteiger partial charge in [0.15, 0.2) is 6.61 Å². The van der Waals surface area contributed by atoms with E-state index in [4.69, 9.17) is 9.47 Å². The third-order valence-electron chi connectivity index (χ3n) is 3.82. The van der Waals surface area contributed by atoms with Gasteiger partial charge in [-0.05, 0) is 17.7 Å². The minimum Gasteiger partial charge on any atom is -0.497 e. The van der Waals surface area contributed by atoms with Crippen LogP contribution < -0.4 is 9.47 Å². The van der Waals surface area contributed by atoms with Crippen molar-refractivity contribution in [3.63, 3.8) is 0 Å². The van der Waals surface area contributed by atoms with Gasteiger partial charge in [0.2, 0.25) is 0 Å². The Morgan fingerprint density at radius 2 is 1.76 bits per heavy atom. The Morgan fingerprint density at radius 3 is 2.40 bits per heavy atom. The van der Waals surface area contributed by atoms with Gasteiger partial charge in [0.25, 0.3) is 5.91 Å². The fourth-order valence-corrected chi connectivity index (χ4v) is 2.34. The number of ether oxygens (including phenoxy) is 2. The van der Waals surface area contributed by atoms with Crippen molar-refractivity contribution in [2.75, 3.05) is 20.8 Å². The van der Waals surface area contributed by atoms with Gasteiger partial charge in [-0.15, -0.1) is 0 Å². The number of carbonyl (C=O) groups is 2. The Kier molecular flexibility index (Phi) is 6.39. The van der Waals surface area contributed by atoms with Crippen LogP contribution in [0.4, 0.5) is 0 Å². The third-order valence-corrected chi connectivity index (χ3v) is 3.82. The van der Waals surface area contributed by atoms with Crippen LogP contribution in [0.3, 0.4) is 0 Å². The number of hydrogen-bond donors (Lipinski definition) is 1. The van der Waals surface area contributed by atoms with Gasteiger partial charge in [-0.2, -0.15) is 0 Å². The highest BCUT2D eigenvalue weighted by atomic mass is 16.5. The van der Waals surface area contributed by atoms with Crippen LogP contribution in [0.5, 0.6) is 11.5 Å². The van der Waals surface area contributed by atoms with Gasteiger partial charge in [0.1, 0.15) is 17.5 Å². The van der Waals surface area contributed by atoms with E-state index in [1.54, 1.807) is 31.4 Å². The molecule has 2 aromatic carbocycles. The number of carbonyl (C=O) groups excluding carboxylic acids is 1. The van der Waals surface area contributed by atoms with Crippen LogP contribution in [0.15, 0.2) is 54.6 Å². The summed E-state index contributed by atoms with van der Waals surface area (Å²) in [6, 6.07) is 15.1. The molecule has 0 radical (unpaired) electrons. The van der Waals surface area contributed by atoms with Crippen molar-refractivity contribution in [2.45, 2.75) is 12.5 Å². The van der Waals surface area contributed by atoms with Gasteiger partial charge in [-0.1, -0.05) is 36.4 Å². The highest BCUT2D eigenvalue weighted by Gasteiger charge is 2.27. The van der Waals surface area contributed by atoms with Crippen LogP contribution >= 0.6 is 0 Å². The average Bonchev–Trinajstić information content (AvgIpc) is 2.64. The maximum atomic E-state index is 12.3. The fourth-order valence-electron chi connectivity index (χ4n) is 2.34. The zero-order valence-corrected chi connectivity index (χ0v) is 14.2. The fraction of sp³-hybridized carbons (Fsp3) is 0.263. The first kappa shape index (κ1) is 18.3. The quantitative estimate of drug-likeness (QED) is 0.795. The summed E-state index contributed by atoms with van der Waals surface area (Å²) in [5, 5.41) is 9.46. The van der Waals surface area contributed by atoms with E-state index in [-0.39, 0.29) is 13.0 Å². The standard InChI is InChI=1S/C19H21NO5/c1-20(17(19(22)23)11-14-7-4-3-5-8-14)18(21)13-25-16-10-6-9-15(12-16)24-2/h3-10,12,17H,11,13H2,1-2H3,(H,22,23). The number of likely N-dealkylation sites (N-methyl/N-ethyl adjacent to an activating group) is 1. The molecule has 1 N–H and O–H groups in total. The molecule has 1 atom stereocenters. The third kappa shape index (κ3) is 5.24. The van der Waals surface area contributed by atoms with E-state index in [1.165, 1.54) is 11.9 Å². The van der Waals surface area contributed by atoms with Crippen LogP contribution in [0.1, 0.15) is 5.56 Å². The number of carboxylic acids is 1. The Hall–Kier alpha value is -3.02. The first-order valence-electron chi connectivity index (χ1n) is 7.80. The second kappa shape index (κ2) is 8.73. The highest BCUT2D eigenvalue weighted by molar-refractivity contribution is 5.84. The van der Waals surface area contributed by atoms with Crippen molar-refractivity contribution < 1.29 is 24.2 Å². The molecule has 0 aliphatic carbocycles. The summed E-state index contributed by atoms with van der Waals surface area (Å²) in [5.41, 5.74) is 0.850. The monoisotopic (exact) mass is 343 g/mol. The molecule has 0 aromatic heterocycles. The molecular weight excluding hydrogens is 322 g/mol. The molecule has 132 valence electrons. The summed E-state index contributed by atoms with van der Waals surface area (Å²) < 4.78 is 10.5. The van der Waals surface area contributed by atoms with Crippen molar-refractivity contribution in [1.29, 1.82) is 0 Å². The number of carboxylic acid groups (broad SMARTS) is 1. The molecule has 6 heteroatoms. The van der Waals surface area contributed by atoms with E-state index in [0.717, 1.165) is 5.56 Å². The maximum Gasteiger partial charge on any atom is 0.326 e. The number of amides is 1. The molecule has 2 aromatic rings. The van der Waals surface area contributed by atoms with E-state index >= 15 is 0 Å². The Morgan fingerprint density at radius 1 is 1.08 bits per heavy atom. The first-order chi connectivity index (χ1) is 12.0. The summed E-state index contributed by atoms with van der Waals surface area (Å²) in [4.78, 5) is 25.1. The molecule has 0 saturated carbocycles. The Bertz CT molecular complexity index is 717. The van der Waals surface area contributed by atoms with Gasteiger partial charge in [-0.25, -0.2) is 4.79 Å². The average molecular weight is 343 g/mol. The molecule has 1 amide bonds. The summed E-state index contributed by atoms with van der Waals surface area (Å²) in [7, 11) is 3.01. The van der Waals surface area contributed by atoms with E-state index in [2.05, 4.69) is 0 Å². The Balaban J connectivity index is 1.99. The summed E-state index contributed by atoms with van der Waals surface area (Å²) >= 11 is 0. The van der Waals surface area contributed by atoms with Gasteiger partial charge in [-0.3, -0.25) is 4.79 Å².